The van der Waals surface area contributed by atoms with Crippen molar-refractivity contribution in [2.24, 2.45) is 10.8 Å². The second-order valence-electron chi connectivity index (χ2n) is 19.0. The number of fused-ring (bicyclic) bond motifs is 2. The summed E-state index contributed by atoms with van der Waals surface area (Å²) < 4.78 is 38.1. The number of rotatable bonds is 13. The molecule has 8 aromatic rings. The van der Waals surface area contributed by atoms with Gasteiger partial charge in [0, 0.05) is 110 Å². The number of pyridine rings is 2. The summed E-state index contributed by atoms with van der Waals surface area (Å²) in [6, 6.07) is 13.6. The van der Waals surface area contributed by atoms with Gasteiger partial charge in [-0.25, -0.2) is 48.3 Å². The fourth-order valence-corrected chi connectivity index (χ4v) is 11.0. The average Bonchev–Trinajstić information content (AvgIpc) is 4.24. The summed E-state index contributed by atoms with van der Waals surface area (Å²) in [7, 11) is 0. The molecule has 0 unspecified atom stereocenters. The normalized spacial score (nSPS) is 14.8. The molecule has 2 aromatic carbocycles. The number of nitrogens with zero attached hydrogens (tertiary/aromatic N) is 10. The summed E-state index contributed by atoms with van der Waals surface area (Å²) in [5.74, 6) is -1.07. The first-order valence-corrected chi connectivity index (χ1v) is 27.0. The molecule has 0 spiro atoms. The van der Waals surface area contributed by atoms with Crippen molar-refractivity contribution in [1.29, 1.82) is 0 Å². The summed E-state index contributed by atoms with van der Waals surface area (Å²) >= 11 is 2.35. The third-order valence-electron chi connectivity index (χ3n) is 13.7. The number of halogens is 2. The molecule has 4 amide bonds. The maximum absolute atomic E-state index is 15.9. The fraction of sp³-hybridized carbons (Fsp3) is 0.333. The van der Waals surface area contributed by atoms with E-state index in [-0.39, 0.29) is 38.4 Å². The maximum Gasteiger partial charge on any atom is 0.321 e. The number of carboxylic acid groups (broad SMARTS) is 1. The number of carbonyl (C=O) groups excluding carboxylic acids is 3. The molecule has 2 aliphatic rings. The molecule has 8 heterocycles. The van der Waals surface area contributed by atoms with Crippen molar-refractivity contribution in [1.82, 2.24) is 50.5 Å². The quantitative estimate of drug-likeness (QED) is 0.0673. The van der Waals surface area contributed by atoms with Gasteiger partial charge < -0.3 is 30.3 Å². The molecular formula is C54H56F2N14O6S2. The standard InChI is InChI=1S/C28H30FN7O3S.C26H26FN7O3S/c1-4-30-26(38)35-27-34-22-21(29)18(14-19(23(22)40-27)20-8-6-7-11-31-20)17-15-32-25(33-16-17)36-12-9-28(3,10-13-36)24(37)39-5-2;1-3-28-24(37)33-25-32-20-19(27)16(12-17(21(20)38-25)18-6-4-5-9-29-18)15-13-30-23(31-14-15)34-10-7-26(2,8-11-34)22(35)36/h6-8,11,14-16H,4-5,9-10,12-13H2,1-3H3,(H2,30,34,35,38);4-6,9,12-14H,3,7-8,10-11H2,1-2H3,(H,35,36)(H2,28,32,33,37). The van der Waals surface area contributed by atoms with E-state index in [9.17, 15) is 24.3 Å². The van der Waals surface area contributed by atoms with Crippen molar-refractivity contribution in [2.75, 3.05) is 66.3 Å². The van der Waals surface area contributed by atoms with E-state index in [0.29, 0.717) is 126 Å². The van der Waals surface area contributed by atoms with Crippen molar-refractivity contribution >= 4 is 89.3 Å². The Morgan fingerprint density at radius 2 is 1.03 bits per heavy atom. The van der Waals surface area contributed by atoms with Crippen LogP contribution in [-0.4, -0.2) is 115 Å². The van der Waals surface area contributed by atoms with Gasteiger partial charge in [-0.2, -0.15) is 0 Å². The lowest BCUT2D eigenvalue weighted by molar-refractivity contribution is -0.155. The summed E-state index contributed by atoms with van der Waals surface area (Å²) in [6.07, 6.45) is 11.9. The van der Waals surface area contributed by atoms with Gasteiger partial charge in [0.1, 0.15) is 11.0 Å². The van der Waals surface area contributed by atoms with Gasteiger partial charge in [0.05, 0.1) is 38.2 Å². The number of aromatic nitrogens is 8. The number of amides is 4. The Kier molecular flexibility index (Phi) is 16.4. The van der Waals surface area contributed by atoms with Crippen LogP contribution >= 0.6 is 22.7 Å². The molecular weight excluding hydrogens is 1040 g/mol. The van der Waals surface area contributed by atoms with Crippen molar-refractivity contribution in [3.63, 3.8) is 0 Å². The molecule has 10 rings (SSSR count). The number of benzene rings is 2. The number of urea groups is 2. The number of esters is 1. The van der Waals surface area contributed by atoms with Crippen LogP contribution in [0.2, 0.25) is 0 Å². The molecule has 5 N–H and O–H groups in total. The van der Waals surface area contributed by atoms with Gasteiger partial charge in [-0.3, -0.25) is 30.2 Å². The molecule has 20 nitrogen and oxygen atoms in total. The fourth-order valence-electron chi connectivity index (χ4n) is 9.03. The largest absolute Gasteiger partial charge is 0.481 e. The zero-order valence-electron chi connectivity index (χ0n) is 43.4. The van der Waals surface area contributed by atoms with Crippen molar-refractivity contribution < 1.29 is 37.8 Å². The second kappa shape index (κ2) is 23.5. The molecule has 2 aliphatic heterocycles. The Labute approximate surface area is 455 Å². The number of nitrogens with one attached hydrogen (secondary N) is 4. The number of aliphatic carboxylic acids is 1. The zero-order valence-corrected chi connectivity index (χ0v) is 45.0. The summed E-state index contributed by atoms with van der Waals surface area (Å²) in [4.78, 5) is 87.6. The van der Waals surface area contributed by atoms with E-state index in [1.54, 1.807) is 69.2 Å². The molecule has 404 valence electrons. The van der Waals surface area contributed by atoms with E-state index in [1.807, 2.05) is 60.9 Å². The highest BCUT2D eigenvalue weighted by Crippen LogP contribution is 2.43. The van der Waals surface area contributed by atoms with Gasteiger partial charge in [-0.05, 0) is 96.7 Å². The van der Waals surface area contributed by atoms with Crippen LogP contribution in [0.1, 0.15) is 60.3 Å². The molecule has 6 aromatic heterocycles. The van der Waals surface area contributed by atoms with Gasteiger partial charge in [-0.15, -0.1) is 0 Å². The molecule has 78 heavy (non-hydrogen) atoms. The third-order valence-corrected chi connectivity index (χ3v) is 15.7. The van der Waals surface area contributed by atoms with Crippen molar-refractivity contribution in [3.8, 4) is 44.8 Å². The first kappa shape index (κ1) is 54.4. The SMILES string of the molecule is CCNC(=O)Nc1nc2c(F)c(-c3cnc(N4CCC(C)(C(=O)O)CC4)nc3)cc(-c3ccccn3)c2s1.CCNC(=O)Nc1nc2c(F)c(-c3cnc(N4CCC(C)(C(=O)OCC)CC4)nc3)cc(-c3ccccn3)c2s1. The molecule has 0 radical (unpaired) electrons. The number of hydrogen-bond donors (Lipinski definition) is 5. The zero-order chi connectivity index (χ0) is 55.1. The topological polar surface area (TPSA) is 255 Å². The number of carboxylic acids is 1. The first-order valence-electron chi connectivity index (χ1n) is 25.4. The van der Waals surface area contributed by atoms with Crippen LogP contribution in [0.5, 0.6) is 0 Å². The molecule has 24 heteroatoms. The van der Waals surface area contributed by atoms with Crippen LogP contribution in [-0.2, 0) is 14.3 Å². The number of hydrogen-bond acceptors (Lipinski definition) is 17. The van der Waals surface area contributed by atoms with Crippen molar-refractivity contribution in [2.45, 2.75) is 60.3 Å². The van der Waals surface area contributed by atoms with Crippen LogP contribution < -0.4 is 31.1 Å². The predicted octanol–water partition coefficient (Wildman–Crippen LogP) is 10.1. The lowest BCUT2D eigenvalue weighted by Gasteiger charge is -2.37. The van der Waals surface area contributed by atoms with Gasteiger partial charge >= 0.3 is 24.0 Å². The highest BCUT2D eigenvalue weighted by molar-refractivity contribution is 7.23. The van der Waals surface area contributed by atoms with Crippen LogP contribution in [0.4, 0.5) is 40.5 Å². The molecule has 0 saturated carbocycles. The number of anilines is 4. The number of ether oxygens (including phenoxy) is 1. The maximum atomic E-state index is 15.9. The number of carbonyl (C=O) groups is 4. The van der Waals surface area contributed by atoms with Gasteiger partial charge in [0.15, 0.2) is 21.9 Å². The monoisotopic (exact) mass is 1100 g/mol. The van der Waals surface area contributed by atoms with E-state index in [0.717, 1.165) is 0 Å². The Balaban J connectivity index is 0.000000190. The van der Waals surface area contributed by atoms with Gasteiger partial charge in [0.2, 0.25) is 11.9 Å². The molecule has 2 saturated heterocycles. The number of piperidine rings is 2. The average molecular weight is 1100 g/mol. The van der Waals surface area contributed by atoms with Crippen LogP contribution in [0, 0.1) is 22.5 Å². The van der Waals surface area contributed by atoms with Crippen LogP contribution in [0.3, 0.4) is 0 Å². The summed E-state index contributed by atoms with van der Waals surface area (Å²) in [6.45, 7) is 12.6. The highest BCUT2D eigenvalue weighted by Gasteiger charge is 2.39. The highest BCUT2D eigenvalue weighted by atomic mass is 32.1. The van der Waals surface area contributed by atoms with E-state index in [2.05, 4.69) is 61.1 Å². The van der Waals surface area contributed by atoms with Gasteiger partial charge in [0.25, 0.3) is 0 Å². The smallest absolute Gasteiger partial charge is 0.321 e. The Bertz CT molecular complexity index is 3470. The third kappa shape index (κ3) is 11.6. The first-order chi connectivity index (χ1) is 37.6. The lowest BCUT2D eigenvalue weighted by atomic mass is 9.80. The Hall–Kier alpha value is -8.38. The molecule has 0 aliphatic carbocycles. The minimum absolute atomic E-state index is 0.119. The minimum Gasteiger partial charge on any atom is -0.481 e. The summed E-state index contributed by atoms with van der Waals surface area (Å²) in [5, 5.41) is 20.6. The van der Waals surface area contributed by atoms with E-state index >= 15 is 8.78 Å². The number of thiazole rings is 2. The van der Waals surface area contributed by atoms with Gasteiger partial charge in [-0.1, -0.05) is 34.8 Å². The lowest BCUT2D eigenvalue weighted by Crippen LogP contribution is -2.44. The van der Waals surface area contributed by atoms with Crippen LogP contribution in [0.15, 0.2) is 85.7 Å². The molecule has 2 fully saturated rings. The van der Waals surface area contributed by atoms with Crippen molar-refractivity contribution in [3.05, 3.63) is 97.3 Å². The van der Waals surface area contributed by atoms with Crippen LogP contribution in [0.25, 0.3) is 65.2 Å². The Morgan fingerprint density at radius 1 is 0.615 bits per heavy atom. The minimum atomic E-state index is -0.797. The van der Waals surface area contributed by atoms with E-state index in [4.69, 9.17) is 4.74 Å². The predicted molar refractivity (Wildman–Crippen MR) is 296 cm³/mol. The van der Waals surface area contributed by atoms with E-state index in [1.165, 1.54) is 22.7 Å². The summed E-state index contributed by atoms with van der Waals surface area (Å²) in [5.41, 5.74) is 3.11. The Morgan fingerprint density at radius 3 is 1.38 bits per heavy atom. The molecule has 0 bridgehead atoms. The van der Waals surface area contributed by atoms with E-state index < -0.39 is 40.5 Å². The second-order valence-corrected chi connectivity index (χ2v) is 21.0. The molecule has 0 atom stereocenters.